The van der Waals surface area contributed by atoms with Crippen molar-refractivity contribution in [2.75, 3.05) is 23.4 Å². The van der Waals surface area contributed by atoms with Crippen molar-refractivity contribution in [2.45, 2.75) is 47.0 Å². The standard InChI is InChI=1S/C23H30N2O3/c1-6-28-20-12-10-19(11-13-20)25(18(5)26)15-14-22(27)24-23-17(4)8-7-9-21(23)16(2)3/h7-13,16H,6,14-15H2,1-5H3,(H,24,27). The maximum absolute atomic E-state index is 12.6. The molecule has 2 aromatic carbocycles. The number of para-hydroxylation sites is 1. The molecule has 0 spiro atoms. The summed E-state index contributed by atoms with van der Waals surface area (Å²) in [7, 11) is 0. The van der Waals surface area contributed by atoms with Crippen LogP contribution in [0.3, 0.4) is 0 Å². The topological polar surface area (TPSA) is 58.6 Å². The maximum atomic E-state index is 12.6. The van der Waals surface area contributed by atoms with Crippen molar-refractivity contribution in [1.29, 1.82) is 0 Å². The lowest BCUT2D eigenvalue weighted by molar-refractivity contribution is -0.117. The van der Waals surface area contributed by atoms with Gasteiger partial charge in [0.15, 0.2) is 0 Å². The molecular weight excluding hydrogens is 352 g/mol. The van der Waals surface area contributed by atoms with Gasteiger partial charge in [-0.3, -0.25) is 9.59 Å². The van der Waals surface area contributed by atoms with E-state index < -0.39 is 0 Å². The van der Waals surface area contributed by atoms with E-state index in [0.29, 0.717) is 19.1 Å². The van der Waals surface area contributed by atoms with Gasteiger partial charge in [0.2, 0.25) is 11.8 Å². The summed E-state index contributed by atoms with van der Waals surface area (Å²) in [6, 6.07) is 13.4. The molecule has 0 bridgehead atoms. The molecule has 2 rings (SSSR count). The molecule has 0 atom stereocenters. The predicted octanol–water partition coefficient (Wildman–Crippen LogP) is 4.90. The van der Waals surface area contributed by atoms with Gasteiger partial charge >= 0.3 is 0 Å². The predicted molar refractivity (Wildman–Crippen MR) is 114 cm³/mol. The van der Waals surface area contributed by atoms with Crippen LogP contribution in [-0.2, 0) is 9.59 Å². The Hall–Kier alpha value is -2.82. The minimum Gasteiger partial charge on any atom is -0.494 e. The van der Waals surface area contributed by atoms with E-state index in [1.54, 1.807) is 4.90 Å². The minimum atomic E-state index is -0.103. The molecule has 0 aliphatic carbocycles. The highest BCUT2D eigenvalue weighted by Crippen LogP contribution is 2.27. The quantitative estimate of drug-likeness (QED) is 0.706. The summed E-state index contributed by atoms with van der Waals surface area (Å²) in [4.78, 5) is 26.3. The number of rotatable bonds is 8. The molecule has 0 unspecified atom stereocenters. The fourth-order valence-electron chi connectivity index (χ4n) is 3.11. The van der Waals surface area contributed by atoms with Gasteiger partial charge in [-0.25, -0.2) is 0 Å². The number of hydrogen-bond donors (Lipinski definition) is 1. The lowest BCUT2D eigenvalue weighted by atomic mass is 9.98. The highest BCUT2D eigenvalue weighted by atomic mass is 16.5. The SMILES string of the molecule is CCOc1ccc(N(CCC(=O)Nc2c(C)cccc2C(C)C)C(C)=O)cc1. The molecule has 5 nitrogen and oxygen atoms in total. The Kier molecular flexibility index (Phi) is 7.61. The number of benzene rings is 2. The number of ether oxygens (including phenoxy) is 1. The molecule has 0 aromatic heterocycles. The van der Waals surface area contributed by atoms with Crippen LogP contribution < -0.4 is 15.0 Å². The van der Waals surface area contributed by atoms with Gasteiger partial charge < -0.3 is 15.0 Å². The molecule has 2 aromatic rings. The molecule has 2 amide bonds. The average Bonchev–Trinajstić information content (AvgIpc) is 2.64. The van der Waals surface area contributed by atoms with Crippen LogP contribution in [0.4, 0.5) is 11.4 Å². The second-order valence-electron chi connectivity index (χ2n) is 7.09. The highest BCUT2D eigenvalue weighted by Gasteiger charge is 2.16. The van der Waals surface area contributed by atoms with Gasteiger partial charge in [0.05, 0.1) is 6.61 Å². The van der Waals surface area contributed by atoms with E-state index in [2.05, 4.69) is 19.2 Å². The monoisotopic (exact) mass is 382 g/mol. The smallest absolute Gasteiger partial charge is 0.226 e. The summed E-state index contributed by atoms with van der Waals surface area (Å²) >= 11 is 0. The molecule has 0 aliphatic rings. The Labute approximate surface area is 167 Å². The van der Waals surface area contributed by atoms with Gasteiger partial charge in [0, 0.05) is 31.3 Å². The fourth-order valence-corrected chi connectivity index (χ4v) is 3.11. The van der Waals surface area contributed by atoms with Gasteiger partial charge in [-0.05, 0) is 55.2 Å². The molecular formula is C23H30N2O3. The van der Waals surface area contributed by atoms with Crippen LogP contribution in [0.1, 0.15) is 51.2 Å². The van der Waals surface area contributed by atoms with Crippen LogP contribution in [0.15, 0.2) is 42.5 Å². The first kappa shape index (κ1) is 21.5. The lowest BCUT2D eigenvalue weighted by Crippen LogP contribution is -2.32. The number of carbonyl (C=O) groups is 2. The zero-order valence-electron chi connectivity index (χ0n) is 17.4. The van der Waals surface area contributed by atoms with E-state index in [1.165, 1.54) is 6.92 Å². The third kappa shape index (κ3) is 5.59. The van der Waals surface area contributed by atoms with Crippen LogP contribution >= 0.6 is 0 Å². The molecule has 28 heavy (non-hydrogen) atoms. The number of carbonyl (C=O) groups excluding carboxylic acids is 2. The van der Waals surface area contributed by atoms with Crippen molar-refractivity contribution in [3.8, 4) is 5.75 Å². The van der Waals surface area contributed by atoms with Crippen molar-refractivity contribution in [1.82, 2.24) is 0 Å². The van der Waals surface area contributed by atoms with Gasteiger partial charge in [-0.15, -0.1) is 0 Å². The molecule has 1 N–H and O–H groups in total. The van der Waals surface area contributed by atoms with Gasteiger partial charge in [-0.1, -0.05) is 32.0 Å². The first-order chi connectivity index (χ1) is 13.3. The van der Waals surface area contributed by atoms with Crippen molar-refractivity contribution >= 4 is 23.2 Å². The molecule has 0 radical (unpaired) electrons. The van der Waals surface area contributed by atoms with E-state index in [4.69, 9.17) is 4.74 Å². The normalized spacial score (nSPS) is 10.6. The molecule has 0 aliphatic heterocycles. The Morgan fingerprint density at radius 3 is 2.36 bits per heavy atom. The summed E-state index contributed by atoms with van der Waals surface area (Å²) in [6.45, 7) is 10.5. The van der Waals surface area contributed by atoms with Crippen molar-refractivity contribution in [2.24, 2.45) is 0 Å². The highest BCUT2D eigenvalue weighted by molar-refractivity contribution is 5.95. The number of nitrogens with zero attached hydrogens (tertiary/aromatic N) is 1. The van der Waals surface area contributed by atoms with Crippen molar-refractivity contribution in [3.63, 3.8) is 0 Å². The number of anilines is 2. The second-order valence-corrected chi connectivity index (χ2v) is 7.09. The Balaban J connectivity index is 2.06. The summed E-state index contributed by atoms with van der Waals surface area (Å²) in [5, 5.41) is 3.03. The first-order valence-corrected chi connectivity index (χ1v) is 9.73. The second kappa shape index (κ2) is 9.93. The summed E-state index contributed by atoms with van der Waals surface area (Å²) in [5.41, 5.74) is 3.78. The maximum Gasteiger partial charge on any atom is 0.226 e. The third-order valence-corrected chi connectivity index (χ3v) is 4.59. The lowest BCUT2D eigenvalue weighted by Gasteiger charge is -2.22. The van der Waals surface area contributed by atoms with Gasteiger partial charge in [0.1, 0.15) is 5.75 Å². The third-order valence-electron chi connectivity index (χ3n) is 4.59. The average molecular weight is 383 g/mol. The number of nitrogens with one attached hydrogen (secondary N) is 1. The summed E-state index contributed by atoms with van der Waals surface area (Å²) in [6.07, 6.45) is 0.221. The molecule has 5 heteroatoms. The van der Waals surface area contributed by atoms with Crippen LogP contribution in [0.5, 0.6) is 5.75 Å². The van der Waals surface area contributed by atoms with Crippen LogP contribution in [0.2, 0.25) is 0 Å². The number of amides is 2. The Morgan fingerprint density at radius 2 is 1.79 bits per heavy atom. The molecule has 0 heterocycles. The van der Waals surface area contributed by atoms with Crippen molar-refractivity contribution in [3.05, 3.63) is 53.6 Å². The van der Waals surface area contributed by atoms with E-state index in [0.717, 1.165) is 28.3 Å². The minimum absolute atomic E-state index is 0.101. The largest absolute Gasteiger partial charge is 0.494 e. The van der Waals surface area contributed by atoms with Crippen LogP contribution in [-0.4, -0.2) is 25.0 Å². The van der Waals surface area contributed by atoms with Crippen LogP contribution in [0.25, 0.3) is 0 Å². The van der Waals surface area contributed by atoms with E-state index in [9.17, 15) is 9.59 Å². The fraction of sp³-hybridized carbons (Fsp3) is 0.391. The van der Waals surface area contributed by atoms with E-state index >= 15 is 0 Å². The summed E-state index contributed by atoms with van der Waals surface area (Å²) < 4.78 is 5.44. The Bertz CT molecular complexity index is 813. The number of hydrogen-bond acceptors (Lipinski definition) is 3. The summed E-state index contributed by atoms with van der Waals surface area (Å²) in [5.74, 6) is 0.866. The first-order valence-electron chi connectivity index (χ1n) is 9.73. The van der Waals surface area contributed by atoms with Gasteiger partial charge in [-0.2, -0.15) is 0 Å². The molecule has 0 fully saturated rings. The van der Waals surface area contributed by atoms with E-state index in [1.807, 2.05) is 56.3 Å². The van der Waals surface area contributed by atoms with Gasteiger partial charge in [0.25, 0.3) is 0 Å². The molecule has 0 saturated heterocycles. The zero-order chi connectivity index (χ0) is 20.7. The zero-order valence-corrected chi connectivity index (χ0v) is 17.4. The molecule has 150 valence electrons. The number of aryl methyl sites for hydroxylation is 1. The Morgan fingerprint density at radius 1 is 1.11 bits per heavy atom. The van der Waals surface area contributed by atoms with E-state index in [-0.39, 0.29) is 18.2 Å². The van der Waals surface area contributed by atoms with Crippen molar-refractivity contribution < 1.29 is 14.3 Å². The molecule has 0 saturated carbocycles. The van der Waals surface area contributed by atoms with Crippen LogP contribution in [0, 0.1) is 6.92 Å².